The molecule has 0 saturated heterocycles. The van der Waals surface area contributed by atoms with E-state index in [4.69, 9.17) is 4.74 Å². The molecule has 0 bridgehead atoms. The number of pyridine rings is 1. The highest BCUT2D eigenvalue weighted by Gasteiger charge is 2.34. The molecule has 156 valence electrons. The Morgan fingerprint density at radius 3 is 2.37 bits per heavy atom. The van der Waals surface area contributed by atoms with Crippen LogP contribution in [0.4, 0.5) is 24.5 Å². The van der Waals surface area contributed by atoms with Gasteiger partial charge in [-0.25, -0.2) is 9.47 Å². The van der Waals surface area contributed by atoms with E-state index in [1.54, 1.807) is 12.1 Å². The van der Waals surface area contributed by atoms with Crippen LogP contribution in [0.3, 0.4) is 0 Å². The highest BCUT2D eigenvalue weighted by molar-refractivity contribution is 6.03. The molecule has 0 amide bonds. The second-order valence-electron chi connectivity index (χ2n) is 6.21. The van der Waals surface area contributed by atoms with Crippen molar-refractivity contribution in [1.82, 2.24) is 4.68 Å². The summed E-state index contributed by atoms with van der Waals surface area (Å²) in [7, 11) is 2.41. The number of nitrogens with zero attached hydrogens (tertiary/aromatic N) is 3. The summed E-state index contributed by atoms with van der Waals surface area (Å²) in [6.45, 7) is 0. The van der Waals surface area contributed by atoms with E-state index in [2.05, 4.69) is 0 Å². The monoisotopic (exact) mass is 421 g/mol. The zero-order valence-electron chi connectivity index (χ0n) is 15.6. The number of nitro groups is 1. The average Bonchev–Trinajstić information content (AvgIpc) is 2.72. The van der Waals surface area contributed by atoms with Crippen molar-refractivity contribution >= 4 is 28.1 Å². The maximum Gasteiger partial charge on any atom is 0.416 e. The summed E-state index contributed by atoms with van der Waals surface area (Å²) in [4.78, 5) is 35.6. The minimum Gasteiger partial charge on any atom is -0.465 e. The van der Waals surface area contributed by atoms with E-state index in [0.717, 1.165) is 29.1 Å². The molecule has 3 rings (SSSR count). The van der Waals surface area contributed by atoms with Gasteiger partial charge in [0.25, 0.3) is 11.2 Å². The zero-order chi connectivity index (χ0) is 22.2. The van der Waals surface area contributed by atoms with Gasteiger partial charge in [-0.05, 0) is 18.2 Å². The van der Waals surface area contributed by atoms with Crippen LogP contribution in [0, 0.1) is 10.1 Å². The minimum atomic E-state index is -4.78. The van der Waals surface area contributed by atoms with Crippen LogP contribution in [-0.2, 0) is 10.9 Å². The standard InChI is InChI=1S/C19H14F3N3O5/c1-23(15-8-7-11(19(20,21)22)9-16(15)25(28)29)24-10-14(18(27)30-2)12-5-3-4-6-13(12)17(24)26/h3-10H,1-2H3. The van der Waals surface area contributed by atoms with Crippen LogP contribution in [0.2, 0.25) is 0 Å². The number of halogens is 3. The van der Waals surface area contributed by atoms with Crippen LogP contribution in [0.1, 0.15) is 15.9 Å². The van der Waals surface area contributed by atoms with E-state index in [0.29, 0.717) is 17.5 Å². The lowest BCUT2D eigenvalue weighted by molar-refractivity contribution is -0.384. The van der Waals surface area contributed by atoms with Crippen LogP contribution in [0.15, 0.2) is 53.5 Å². The Balaban J connectivity index is 2.26. The van der Waals surface area contributed by atoms with Crippen molar-refractivity contribution in [1.29, 1.82) is 0 Å². The van der Waals surface area contributed by atoms with E-state index in [9.17, 15) is 32.9 Å². The first-order chi connectivity index (χ1) is 14.1. The van der Waals surface area contributed by atoms with Gasteiger partial charge in [0, 0.05) is 30.1 Å². The Morgan fingerprint density at radius 2 is 1.80 bits per heavy atom. The number of methoxy groups -OCH3 is 1. The second kappa shape index (κ2) is 7.50. The number of carbonyl (C=O) groups excluding carboxylic acids is 1. The molecule has 0 radical (unpaired) electrons. The Morgan fingerprint density at radius 1 is 1.17 bits per heavy atom. The van der Waals surface area contributed by atoms with Gasteiger partial charge in [-0.3, -0.25) is 19.9 Å². The van der Waals surface area contributed by atoms with Gasteiger partial charge in [-0.1, -0.05) is 18.2 Å². The molecule has 0 aliphatic rings. The molecule has 1 aromatic heterocycles. The molecule has 11 heteroatoms. The molecule has 0 unspecified atom stereocenters. The van der Waals surface area contributed by atoms with Crippen molar-refractivity contribution in [3.63, 3.8) is 0 Å². The van der Waals surface area contributed by atoms with Gasteiger partial charge in [0.05, 0.1) is 23.2 Å². The third-order valence-electron chi connectivity index (χ3n) is 4.48. The summed E-state index contributed by atoms with van der Waals surface area (Å²) < 4.78 is 44.5. The molecular formula is C19H14F3N3O5. The predicted molar refractivity (Wildman–Crippen MR) is 101 cm³/mol. The molecule has 0 saturated carbocycles. The maximum atomic E-state index is 13.0. The van der Waals surface area contributed by atoms with E-state index in [1.165, 1.54) is 19.2 Å². The number of rotatable bonds is 4. The Bertz CT molecular complexity index is 1220. The molecule has 1 heterocycles. The molecule has 0 N–H and O–H groups in total. The van der Waals surface area contributed by atoms with E-state index in [-0.39, 0.29) is 16.6 Å². The van der Waals surface area contributed by atoms with E-state index >= 15 is 0 Å². The van der Waals surface area contributed by atoms with Crippen molar-refractivity contribution in [2.45, 2.75) is 6.18 Å². The molecular weight excluding hydrogens is 407 g/mol. The number of carbonyl (C=O) groups is 1. The van der Waals surface area contributed by atoms with Gasteiger partial charge < -0.3 is 4.74 Å². The van der Waals surface area contributed by atoms with Crippen molar-refractivity contribution in [2.75, 3.05) is 19.2 Å². The molecule has 0 atom stereocenters. The molecule has 0 aliphatic carbocycles. The topological polar surface area (TPSA) is 94.7 Å². The summed E-state index contributed by atoms with van der Waals surface area (Å²) in [6.07, 6.45) is -3.66. The van der Waals surface area contributed by atoms with Crippen molar-refractivity contribution < 1.29 is 27.6 Å². The largest absolute Gasteiger partial charge is 0.465 e. The SMILES string of the molecule is COC(=O)c1cn(N(C)c2ccc(C(F)(F)F)cc2[N+](=O)[O-])c(=O)c2ccccc12. The quantitative estimate of drug-likeness (QED) is 0.363. The van der Waals surface area contributed by atoms with E-state index < -0.39 is 33.9 Å². The lowest BCUT2D eigenvalue weighted by Crippen LogP contribution is -2.36. The van der Waals surface area contributed by atoms with Gasteiger partial charge in [-0.15, -0.1) is 0 Å². The first-order valence-corrected chi connectivity index (χ1v) is 8.38. The fourth-order valence-corrected chi connectivity index (χ4v) is 3.01. The fourth-order valence-electron chi connectivity index (χ4n) is 3.01. The van der Waals surface area contributed by atoms with Gasteiger partial charge in [0.15, 0.2) is 0 Å². The van der Waals surface area contributed by atoms with Gasteiger partial charge in [0.2, 0.25) is 0 Å². The first kappa shape index (κ1) is 20.8. The molecule has 8 nitrogen and oxygen atoms in total. The normalized spacial score (nSPS) is 11.4. The molecule has 0 fully saturated rings. The molecule has 3 aromatic rings. The second-order valence-corrected chi connectivity index (χ2v) is 6.21. The summed E-state index contributed by atoms with van der Waals surface area (Å²) in [5.41, 5.74) is -2.95. The molecule has 0 spiro atoms. The lowest BCUT2D eigenvalue weighted by Gasteiger charge is -2.23. The number of anilines is 1. The average molecular weight is 421 g/mol. The van der Waals surface area contributed by atoms with Crippen LogP contribution >= 0.6 is 0 Å². The summed E-state index contributed by atoms with van der Waals surface area (Å²) >= 11 is 0. The van der Waals surface area contributed by atoms with Crippen molar-refractivity contribution in [3.8, 4) is 0 Å². The molecule has 2 aromatic carbocycles. The molecule has 0 aliphatic heterocycles. The number of nitro benzene ring substituents is 1. The van der Waals surface area contributed by atoms with Crippen LogP contribution < -0.4 is 10.6 Å². The lowest BCUT2D eigenvalue weighted by atomic mass is 10.1. The van der Waals surface area contributed by atoms with Gasteiger partial charge in [-0.2, -0.15) is 13.2 Å². The smallest absolute Gasteiger partial charge is 0.416 e. The third-order valence-corrected chi connectivity index (χ3v) is 4.48. The minimum absolute atomic E-state index is 0.00844. The number of hydrogen-bond donors (Lipinski definition) is 0. The Labute approximate surface area is 166 Å². The zero-order valence-corrected chi connectivity index (χ0v) is 15.6. The number of fused-ring (bicyclic) bond motifs is 1. The van der Waals surface area contributed by atoms with Crippen molar-refractivity contribution in [3.05, 3.63) is 80.3 Å². The van der Waals surface area contributed by atoms with Gasteiger partial charge >= 0.3 is 12.1 Å². The molecule has 30 heavy (non-hydrogen) atoms. The predicted octanol–water partition coefficient (Wildman–Crippen LogP) is 3.61. The number of esters is 1. The van der Waals surface area contributed by atoms with Crippen LogP contribution in [-0.4, -0.2) is 29.7 Å². The number of hydrogen-bond acceptors (Lipinski definition) is 6. The number of benzene rings is 2. The summed E-state index contributed by atoms with van der Waals surface area (Å²) in [6, 6.07) is 8.12. The number of ether oxygens (including phenoxy) is 1. The fraction of sp³-hybridized carbons (Fsp3) is 0.158. The van der Waals surface area contributed by atoms with E-state index in [1.807, 2.05) is 0 Å². The van der Waals surface area contributed by atoms with Crippen molar-refractivity contribution in [2.24, 2.45) is 0 Å². The number of alkyl halides is 3. The van der Waals surface area contributed by atoms with Gasteiger partial charge in [0.1, 0.15) is 5.69 Å². The first-order valence-electron chi connectivity index (χ1n) is 8.38. The Kier molecular flexibility index (Phi) is 5.21. The summed E-state index contributed by atoms with van der Waals surface area (Å²) in [5.74, 6) is -0.754. The highest BCUT2D eigenvalue weighted by atomic mass is 19.4. The maximum absolute atomic E-state index is 13.0. The third kappa shape index (κ3) is 3.56. The summed E-state index contributed by atoms with van der Waals surface area (Å²) in [5, 5.41) is 12.8. The highest BCUT2D eigenvalue weighted by Crippen LogP contribution is 2.36. The van der Waals surface area contributed by atoms with Crippen LogP contribution in [0.25, 0.3) is 10.8 Å². The Hall–Kier alpha value is -3.89. The van der Waals surface area contributed by atoms with Crippen LogP contribution in [0.5, 0.6) is 0 Å². The number of aromatic nitrogens is 1.